The van der Waals surface area contributed by atoms with Crippen molar-refractivity contribution in [2.24, 2.45) is 0 Å². The highest BCUT2D eigenvalue weighted by molar-refractivity contribution is 9.10. The first-order valence-electron chi connectivity index (χ1n) is 6.44. The normalized spacial score (nSPS) is 12.4. The minimum Gasteiger partial charge on any atom is -0.319 e. The number of rotatable bonds is 5. The lowest BCUT2D eigenvalue weighted by Crippen LogP contribution is -2.19. The second-order valence-corrected chi connectivity index (χ2v) is 6.53. The monoisotopic (exact) mass is 399 g/mol. The first kappa shape index (κ1) is 15.7. The van der Waals surface area contributed by atoms with Gasteiger partial charge in [-0.15, -0.1) is 0 Å². The van der Waals surface area contributed by atoms with E-state index in [1.54, 1.807) is 6.07 Å². The molecular weight excluding hydrogens is 385 g/mol. The van der Waals surface area contributed by atoms with Crippen LogP contribution in [0.4, 0.5) is 4.39 Å². The van der Waals surface area contributed by atoms with E-state index in [1.807, 2.05) is 31.3 Å². The summed E-state index contributed by atoms with van der Waals surface area (Å²) in [5.74, 6) is 0.0917. The molecule has 4 heteroatoms. The molecule has 0 bridgehead atoms. The summed E-state index contributed by atoms with van der Waals surface area (Å²) in [6.45, 7) is 0.844. The zero-order chi connectivity index (χ0) is 14.5. The molecule has 106 valence electrons. The standard InChI is InChI=1S/C16H16Br2FN/c1-20-10-12(15-4-2-3-5-16(15)18)6-11-7-13(17)9-14(19)8-11/h2-5,7-9,12,20H,6,10H2,1H3. The minimum atomic E-state index is -0.204. The van der Waals surface area contributed by atoms with Gasteiger partial charge in [-0.3, -0.25) is 0 Å². The van der Waals surface area contributed by atoms with Crippen molar-refractivity contribution in [3.05, 3.63) is 68.4 Å². The van der Waals surface area contributed by atoms with Crippen LogP contribution in [0.25, 0.3) is 0 Å². The van der Waals surface area contributed by atoms with Gasteiger partial charge in [0.1, 0.15) is 5.82 Å². The Morgan fingerprint density at radius 2 is 1.90 bits per heavy atom. The fourth-order valence-electron chi connectivity index (χ4n) is 2.36. The highest BCUT2D eigenvalue weighted by atomic mass is 79.9. The molecule has 2 aromatic rings. The molecule has 1 atom stereocenters. The van der Waals surface area contributed by atoms with Gasteiger partial charge >= 0.3 is 0 Å². The van der Waals surface area contributed by atoms with E-state index in [2.05, 4.69) is 43.2 Å². The van der Waals surface area contributed by atoms with Crippen molar-refractivity contribution in [2.75, 3.05) is 13.6 Å². The van der Waals surface area contributed by atoms with Crippen molar-refractivity contribution in [3.63, 3.8) is 0 Å². The molecule has 20 heavy (non-hydrogen) atoms. The molecule has 0 aliphatic heterocycles. The summed E-state index contributed by atoms with van der Waals surface area (Å²) in [6, 6.07) is 13.2. The number of likely N-dealkylation sites (N-methyl/N-ethyl adjacent to an activating group) is 1. The topological polar surface area (TPSA) is 12.0 Å². The van der Waals surface area contributed by atoms with Crippen molar-refractivity contribution >= 4 is 31.9 Å². The number of halogens is 3. The van der Waals surface area contributed by atoms with Crippen molar-refractivity contribution in [1.29, 1.82) is 0 Å². The molecule has 0 spiro atoms. The van der Waals surface area contributed by atoms with Crippen molar-refractivity contribution in [1.82, 2.24) is 5.32 Å². The Labute approximate surface area is 135 Å². The van der Waals surface area contributed by atoms with Crippen molar-refractivity contribution in [2.45, 2.75) is 12.3 Å². The van der Waals surface area contributed by atoms with Crippen LogP contribution in [-0.2, 0) is 6.42 Å². The molecule has 0 saturated heterocycles. The van der Waals surface area contributed by atoms with Crippen LogP contribution in [0, 0.1) is 5.82 Å². The third-order valence-corrected chi connectivity index (χ3v) is 4.38. The first-order valence-corrected chi connectivity index (χ1v) is 8.02. The molecule has 0 fully saturated rings. The Hall–Kier alpha value is -0.710. The average molecular weight is 401 g/mol. The quantitative estimate of drug-likeness (QED) is 0.752. The van der Waals surface area contributed by atoms with Crippen LogP contribution in [0.5, 0.6) is 0 Å². The smallest absolute Gasteiger partial charge is 0.124 e. The van der Waals surface area contributed by atoms with E-state index >= 15 is 0 Å². The Balaban J connectivity index is 2.28. The summed E-state index contributed by atoms with van der Waals surface area (Å²) in [5.41, 5.74) is 2.23. The summed E-state index contributed by atoms with van der Waals surface area (Å²) < 4.78 is 15.4. The molecule has 1 N–H and O–H groups in total. The Morgan fingerprint density at radius 3 is 2.55 bits per heavy atom. The SMILES string of the molecule is CNCC(Cc1cc(F)cc(Br)c1)c1ccccc1Br. The van der Waals surface area contributed by atoms with Crippen molar-refractivity contribution in [3.8, 4) is 0 Å². The summed E-state index contributed by atoms with van der Waals surface area (Å²) in [4.78, 5) is 0. The van der Waals surface area contributed by atoms with Crippen LogP contribution in [0.3, 0.4) is 0 Å². The lowest BCUT2D eigenvalue weighted by Gasteiger charge is -2.19. The summed E-state index contributed by atoms with van der Waals surface area (Å²) in [5, 5.41) is 3.22. The van der Waals surface area contributed by atoms with Crippen LogP contribution in [0.2, 0.25) is 0 Å². The fraction of sp³-hybridized carbons (Fsp3) is 0.250. The lowest BCUT2D eigenvalue weighted by atomic mass is 9.92. The molecule has 1 unspecified atom stereocenters. The first-order chi connectivity index (χ1) is 9.60. The summed E-state index contributed by atoms with van der Waals surface area (Å²) in [7, 11) is 1.94. The van der Waals surface area contributed by atoms with Gasteiger partial charge < -0.3 is 5.32 Å². The Kier molecular flexibility index (Phi) is 5.75. The van der Waals surface area contributed by atoms with Gasteiger partial charge in [0.05, 0.1) is 0 Å². The molecule has 0 aliphatic carbocycles. The Bertz CT molecular complexity index is 566. The lowest BCUT2D eigenvalue weighted by molar-refractivity contribution is 0.606. The maximum atomic E-state index is 13.5. The fourth-order valence-corrected chi connectivity index (χ4v) is 3.48. The van der Waals surface area contributed by atoms with Crippen LogP contribution in [-0.4, -0.2) is 13.6 Å². The van der Waals surface area contributed by atoms with E-state index in [9.17, 15) is 4.39 Å². The zero-order valence-corrected chi connectivity index (χ0v) is 14.3. The van der Waals surface area contributed by atoms with Gasteiger partial charge in [-0.1, -0.05) is 50.1 Å². The van der Waals surface area contributed by atoms with E-state index in [4.69, 9.17) is 0 Å². The Morgan fingerprint density at radius 1 is 1.15 bits per heavy atom. The third-order valence-electron chi connectivity index (χ3n) is 3.20. The molecule has 0 aromatic heterocycles. The number of benzene rings is 2. The van der Waals surface area contributed by atoms with Gasteiger partial charge in [-0.25, -0.2) is 4.39 Å². The number of nitrogens with one attached hydrogen (secondary N) is 1. The highest BCUT2D eigenvalue weighted by Crippen LogP contribution is 2.28. The zero-order valence-electron chi connectivity index (χ0n) is 11.2. The second kappa shape index (κ2) is 7.34. The predicted molar refractivity (Wildman–Crippen MR) is 88.6 cm³/mol. The second-order valence-electron chi connectivity index (χ2n) is 4.76. The van der Waals surface area contributed by atoms with E-state index in [0.29, 0.717) is 5.92 Å². The number of hydrogen-bond donors (Lipinski definition) is 1. The number of hydrogen-bond acceptors (Lipinski definition) is 1. The third kappa shape index (κ3) is 4.14. The van der Waals surface area contributed by atoms with Crippen LogP contribution in [0.15, 0.2) is 51.4 Å². The maximum Gasteiger partial charge on any atom is 0.124 e. The maximum absolute atomic E-state index is 13.5. The van der Waals surface area contributed by atoms with Gasteiger partial charge in [0, 0.05) is 21.4 Å². The van der Waals surface area contributed by atoms with Gasteiger partial charge in [0.25, 0.3) is 0 Å². The largest absolute Gasteiger partial charge is 0.319 e. The van der Waals surface area contributed by atoms with E-state index in [0.717, 1.165) is 27.5 Å². The van der Waals surface area contributed by atoms with Crippen molar-refractivity contribution < 1.29 is 4.39 Å². The molecular formula is C16H16Br2FN. The summed E-state index contributed by atoms with van der Waals surface area (Å²) >= 11 is 6.95. The van der Waals surface area contributed by atoms with Crippen LogP contribution in [0.1, 0.15) is 17.0 Å². The average Bonchev–Trinajstić information content (AvgIpc) is 2.37. The molecule has 0 radical (unpaired) electrons. The van der Waals surface area contributed by atoms with E-state index < -0.39 is 0 Å². The molecule has 1 nitrogen and oxygen atoms in total. The molecule has 0 saturated carbocycles. The minimum absolute atomic E-state index is 0.204. The van der Waals surface area contributed by atoms with Gasteiger partial charge in [-0.05, 0) is 48.9 Å². The van der Waals surface area contributed by atoms with Crippen LogP contribution >= 0.6 is 31.9 Å². The van der Waals surface area contributed by atoms with E-state index in [-0.39, 0.29) is 5.82 Å². The molecule has 0 heterocycles. The molecule has 0 aliphatic rings. The molecule has 0 amide bonds. The molecule has 2 rings (SSSR count). The van der Waals surface area contributed by atoms with Gasteiger partial charge in [0.2, 0.25) is 0 Å². The van der Waals surface area contributed by atoms with Gasteiger partial charge in [0.15, 0.2) is 0 Å². The van der Waals surface area contributed by atoms with Gasteiger partial charge in [-0.2, -0.15) is 0 Å². The summed E-state index contributed by atoms with van der Waals surface area (Å²) in [6.07, 6.45) is 0.791. The predicted octanol–water partition coefficient (Wildman–Crippen LogP) is 4.90. The molecule has 2 aromatic carbocycles. The van der Waals surface area contributed by atoms with E-state index in [1.165, 1.54) is 11.6 Å². The van der Waals surface area contributed by atoms with Crippen LogP contribution < -0.4 is 5.32 Å². The highest BCUT2D eigenvalue weighted by Gasteiger charge is 2.15.